The number of aromatic nitrogens is 1. The Labute approximate surface area is 253 Å². The fourth-order valence-electron chi connectivity index (χ4n) is 7.05. The van der Waals surface area contributed by atoms with Crippen LogP contribution in [0, 0.1) is 5.92 Å². The molecule has 0 aliphatic heterocycles. The highest BCUT2D eigenvalue weighted by Gasteiger charge is 2.21. The topological polar surface area (TPSA) is 12.9 Å². The maximum Gasteiger partial charge on any atom is 0.0715 e. The lowest BCUT2D eigenvalue weighted by molar-refractivity contribution is 0.505. The fourth-order valence-corrected chi connectivity index (χ4v) is 7.05. The van der Waals surface area contributed by atoms with Crippen LogP contribution >= 0.6 is 0 Å². The second-order valence-electron chi connectivity index (χ2n) is 12.0. The summed E-state index contributed by atoms with van der Waals surface area (Å²) in [5.74, 6) is 0.737. The van der Waals surface area contributed by atoms with Gasteiger partial charge in [-0.05, 0) is 98.3 Å². The standard InChI is InChI=1S/C42H33N/c1-28-20-22-37-38-23-21-31(25-40(38)36-19-11-10-18-35(36)39(37)24-28)33-16-8-9-17-34(33)32-26-41(29-12-4-2-5-13-29)43-42(27-32)30-14-6-3-7-15-30/h2-19,21,23,25-28H,20,22,24H2,1H3. The summed E-state index contributed by atoms with van der Waals surface area (Å²) < 4.78 is 0. The molecule has 8 rings (SSSR count). The minimum Gasteiger partial charge on any atom is -0.248 e. The van der Waals surface area contributed by atoms with Gasteiger partial charge < -0.3 is 0 Å². The molecule has 0 amide bonds. The summed E-state index contributed by atoms with van der Waals surface area (Å²) in [6, 6.07) is 50.5. The zero-order chi connectivity index (χ0) is 28.8. The molecule has 1 aromatic heterocycles. The van der Waals surface area contributed by atoms with Crippen LogP contribution in [0.1, 0.15) is 24.5 Å². The summed E-state index contributed by atoms with van der Waals surface area (Å²) in [7, 11) is 0. The average Bonchev–Trinajstić information content (AvgIpc) is 3.09. The van der Waals surface area contributed by atoms with Gasteiger partial charge in [-0.25, -0.2) is 4.98 Å². The molecule has 1 aliphatic carbocycles. The summed E-state index contributed by atoms with van der Waals surface area (Å²) >= 11 is 0. The van der Waals surface area contributed by atoms with E-state index in [0.29, 0.717) is 0 Å². The average molecular weight is 552 g/mol. The van der Waals surface area contributed by atoms with Crippen molar-refractivity contribution in [1.29, 1.82) is 0 Å². The van der Waals surface area contributed by atoms with Gasteiger partial charge in [-0.1, -0.05) is 128 Å². The number of fused-ring (bicyclic) bond motifs is 6. The molecule has 7 aromatic rings. The molecule has 206 valence electrons. The molecule has 43 heavy (non-hydrogen) atoms. The molecule has 1 aliphatic rings. The lowest BCUT2D eigenvalue weighted by Gasteiger charge is -2.26. The molecule has 0 bridgehead atoms. The molecule has 0 fully saturated rings. The maximum absolute atomic E-state index is 5.12. The smallest absolute Gasteiger partial charge is 0.0715 e. The molecule has 1 atom stereocenters. The predicted molar refractivity (Wildman–Crippen MR) is 182 cm³/mol. The minimum atomic E-state index is 0.737. The van der Waals surface area contributed by atoms with E-state index in [1.165, 1.54) is 56.6 Å². The molecule has 1 heterocycles. The van der Waals surface area contributed by atoms with Gasteiger partial charge in [0.25, 0.3) is 0 Å². The number of nitrogens with zero attached hydrogens (tertiary/aromatic N) is 1. The van der Waals surface area contributed by atoms with Gasteiger partial charge in [0.05, 0.1) is 11.4 Å². The number of benzene rings is 6. The zero-order valence-electron chi connectivity index (χ0n) is 24.4. The van der Waals surface area contributed by atoms with Crippen molar-refractivity contribution in [3.63, 3.8) is 0 Å². The second-order valence-corrected chi connectivity index (χ2v) is 12.0. The van der Waals surface area contributed by atoms with Crippen molar-refractivity contribution in [2.75, 3.05) is 0 Å². The van der Waals surface area contributed by atoms with Crippen molar-refractivity contribution in [1.82, 2.24) is 4.98 Å². The highest BCUT2D eigenvalue weighted by molar-refractivity contribution is 6.12. The van der Waals surface area contributed by atoms with Gasteiger partial charge in [0.1, 0.15) is 0 Å². The largest absolute Gasteiger partial charge is 0.248 e. The second kappa shape index (κ2) is 10.7. The third-order valence-electron chi connectivity index (χ3n) is 9.20. The van der Waals surface area contributed by atoms with E-state index in [4.69, 9.17) is 4.98 Å². The van der Waals surface area contributed by atoms with E-state index in [9.17, 15) is 0 Å². The Hall–Kier alpha value is -5.01. The highest BCUT2D eigenvalue weighted by Crippen LogP contribution is 2.42. The predicted octanol–water partition coefficient (Wildman–Crippen LogP) is 11.2. The van der Waals surface area contributed by atoms with Crippen LogP contribution in [0.4, 0.5) is 0 Å². The van der Waals surface area contributed by atoms with E-state index < -0.39 is 0 Å². The minimum absolute atomic E-state index is 0.737. The van der Waals surface area contributed by atoms with Crippen LogP contribution in [-0.4, -0.2) is 4.98 Å². The van der Waals surface area contributed by atoms with Crippen molar-refractivity contribution >= 4 is 21.5 Å². The number of aryl methyl sites for hydroxylation is 1. The van der Waals surface area contributed by atoms with Gasteiger partial charge in [0.2, 0.25) is 0 Å². The van der Waals surface area contributed by atoms with Crippen LogP contribution in [0.2, 0.25) is 0 Å². The van der Waals surface area contributed by atoms with Crippen molar-refractivity contribution in [3.8, 4) is 44.8 Å². The monoisotopic (exact) mass is 551 g/mol. The SMILES string of the molecule is CC1CCc2c(c3ccccc3c3cc(-c4ccccc4-c4cc(-c5ccccc5)nc(-c5ccccc5)c4)ccc23)C1. The molecule has 6 aromatic carbocycles. The number of hydrogen-bond donors (Lipinski definition) is 0. The summed E-state index contributed by atoms with van der Waals surface area (Å²) in [6.45, 7) is 2.40. The fraction of sp³-hybridized carbons (Fsp3) is 0.119. The van der Waals surface area contributed by atoms with Crippen LogP contribution in [-0.2, 0) is 12.8 Å². The summed E-state index contributed by atoms with van der Waals surface area (Å²) in [6.07, 6.45) is 3.60. The first-order valence-corrected chi connectivity index (χ1v) is 15.4. The Morgan fingerprint density at radius 3 is 1.70 bits per heavy atom. The van der Waals surface area contributed by atoms with E-state index in [-0.39, 0.29) is 0 Å². The van der Waals surface area contributed by atoms with Gasteiger partial charge in [0.15, 0.2) is 0 Å². The molecule has 1 heteroatoms. The quantitative estimate of drug-likeness (QED) is 0.198. The van der Waals surface area contributed by atoms with Crippen molar-refractivity contribution in [3.05, 3.63) is 151 Å². The Morgan fingerprint density at radius 1 is 0.465 bits per heavy atom. The van der Waals surface area contributed by atoms with E-state index in [0.717, 1.165) is 34.9 Å². The Balaban J connectivity index is 1.34. The molecular formula is C42H33N. The molecule has 0 radical (unpaired) electrons. The number of rotatable bonds is 4. The van der Waals surface area contributed by atoms with Crippen LogP contribution in [0.25, 0.3) is 66.3 Å². The zero-order valence-corrected chi connectivity index (χ0v) is 24.4. The molecule has 0 saturated heterocycles. The summed E-state index contributed by atoms with van der Waals surface area (Å²) in [4.78, 5) is 5.12. The first-order valence-electron chi connectivity index (χ1n) is 15.4. The molecule has 0 spiro atoms. The van der Waals surface area contributed by atoms with Crippen molar-refractivity contribution in [2.24, 2.45) is 5.92 Å². The van der Waals surface area contributed by atoms with Gasteiger partial charge in [0, 0.05) is 11.1 Å². The Kier molecular flexibility index (Phi) is 6.38. The first kappa shape index (κ1) is 25.7. The van der Waals surface area contributed by atoms with Gasteiger partial charge in [-0.3, -0.25) is 0 Å². The lowest BCUT2D eigenvalue weighted by Crippen LogP contribution is -2.12. The molecule has 0 saturated carbocycles. The lowest BCUT2D eigenvalue weighted by atomic mass is 9.79. The summed E-state index contributed by atoms with van der Waals surface area (Å²) in [5, 5.41) is 5.58. The van der Waals surface area contributed by atoms with Crippen molar-refractivity contribution < 1.29 is 0 Å². The maximum atomic E-state index is 5.12. The normalized spacial score (nSPS) is 14.6. The van der Waals surface area contributed by atoms with Gasteiger partial charge in [-0.2, -0.15) is 0 Å². The molecule has 1 unspecified atom stereocenters. The van der Waals surface area contributed by atoms with Crippen LogP contribution in [0.3, 0.4) is 0 Å². The van der Waals surface area contributed by atoms with Crippen molar-refractivity contribution in [2.45, 2.75) is 26.2 Å². The Bertz CT molecular complexity index is 2050. The van der Waals surface area contributed by atoms with E-state index in [1.54, 1.807) is 11.1 Å². The third kappa shape index (κ3) is 4.62. The molecular weight excluding hydrogens is 518 g/mol. The van der Waals surface area contributed by atoms with E-state index >= 15 is 0 Å². The van der Waals surface area contributed by atoms with Crippen LogP contribution in [0.15, 0.2) is 140 Å². The van der Waals surface area contributed by atoms with Gasteiger partial charge in [-0.15, -0.1) is 0 Å². The molecule has 1 nitrogen and oxygen atoms in total. The first-order chi connectivity index (χ1) is 21.2. The summed E-state index contributed by atoms with van der Waals surface area (Å²) in [5.41, 5.74) is 12.2. The van der Waals surface area contributed by atoms with Gasteiger partial charge >= 0.3 is 0 Å². The Morgan fingerprint density at radius 2 is 1.02 bits per heavy atom. The van der Waals surface area contributed by atoms with Crippen LogP contribution in [0.5, 0.6) is 0 Å². The molecule has 0 N–H and O–H groups in total. The van der Waals surface area contributed by atoms with Crippen LogP contribution < -0.4 is 0 Å². The van der Waals surface area contributed by atoms with E-state index in [1.807, 2.05) is 0 Å². The highest BCUT2D eigenvalue weighted by atomic mass is 14.7. The third-order valence-corrected chi connectivity index (χ3v) is 9.20. The number of hydrogen-bond acceptors (Lipinski definition) is 1. The van der Waals surface area contributed by atoms with E-state index in [2.05, 4.69) is 146 Å². The number of pyridine rings is 1.